The van der Waals surface area contributed by atoms with Crippen molar-refractivity contribution in [1.29, 1.82) is 0 Å². The summed E-state index contributed by atoms with van der Waals surface area (Å²) in [5.41, 5.74) is 10.1. The van der Waals surface area contributed by atoms with Crippen LogP contribution in [0.1, 0.15) is 50.6 Å². The molecular formula is C16H22BrN3. The maximum atomic E-state index is 6.54. The molecular weight excluding hydrogens is 314 g/mol. The van der Waals surface area contributed by atoms with Crippen LogP contribution in [0.15, 0.2) is 34.9 Å². The molecule has 0 aliphatic rings. The van der Waals surface area contributed by atoms with E-state index in [1.165, 1.54) is 5.56 Å². The van der Waals surface area contributed by atoms with Gasteiger partial charge in [-0.2, -0.15) is 5.10 Å². The summed E-state index contributed by atoms with van der Waals surface area (Å²) < 4.78 is 2.92. The maximum absolute atomic E-state index is 6.54. The number of nitrogens with zero attached hydrogens (tertiary/aromatic N) is 2. The fourth-order valence-corrected chi connectivity index (χ4v) is 3.07. The van der Waals surface area contributed by atoms with Crippen LogP contribution >= 0.6 is 15.9 Å². The summed E-state index contributed by atoms with van der Waals surface area (Å²) in [5.74, 6) is 0. The Morgan fingerprint density at radius 3 is 2.55 bits per heavy atom. The second-order valence-corrected chi connectivity index (χ2v) is 6.86. The predicted molar refractivity (Wildman–Crippen MR) is 86.8 cm³/mol. The first kappa shape index (κ1) is 15.3. The first-order valence-corrected chi connectivity index (χ1v) is 7.71. The van der Waals surface area contributed by atoms with Crippen LogP contribution in [-0.2, 0) is 12.0 Å². The molecule has 3 nitrogen and oxygen atoms in total. The quantitative estimate of drug-likeness (QED) is 0.920. The van der Waals surface area contributed by atoms with Crippen LogP contribution in [0.5, 0.6) is 0 Å². The standard InChI is InChI=1S/C16H22BrN3/c1-5-20-15(13(17)10-19-20)14(18)11-8-6-7-9-12(11)16(2,3)4/h6-10,14H,5,18H2,1-4H3. The molecule has 0 spiro atoms. The Morgan fingerprint density at radius 2 is 1.95 bits per heavy atom. The summed E-state index contributed by atoms with van der Waals surface area (Å²) in [6.07, 6.45) is 1.82. The number of nitrogens with two attached hydrogens (primary N) is 1. The summed E-state index contributed by atoms with van der Waals surface area (Å²) in [4.78, 5) is 0. The molecule has 0 saturated carbocycles. The van der Waals surface area contributed by atoms with Gasteiger partial charge in [0.05, 0.1) is 22.4 Å². The second kappa shape index (κ2) is 5.70. The second-order valence-electron chi connectivity index (χ2n) is 6.01. The van der Waals surface area contributed by atoms with Gasteiger partial charge in [0.1, 0.15) is 0 Å². The number of halogens is 1. The SMILES string of the molecule is CCn1ncc(Br)c1C(N)c1ccccc1C(C)(C)C. The molecule has 1 atom stereocenters. The first-order valence-electron chi connectivity index (χ1n) is 6.92. The molecule has 1 heterocycles. The van der Waals surface area contributed by atoms with Gasteiger partial charge >= 0.3 is 0 Å². The largest absolute Gasteiger partial charge is 0.319 e. The summed E-state index contributed by atoms with van der Waals surface area (Å²) in [5, 5.41) is 4.36. The third-order valence-electron chi connectivity index (χ3n) is 3.53. The molecule has 4 heteroatoms. The lowest BCUT2D eigenvalue weighted by Crippen LogP contribution is -2.23. The van der Waals surface area contributed by atoms with Gasteiger partial charge in [-0.15, -0.1) is 0 Å². The van der Waals surface area contributed by atoms with E-state index in [1.807, 2.05) is 16.9 Å². The monoisotopic (exact) mass is 335 g/mol. The van der Waals surface area contributed by atoms with Gasteiger partial charge in [-0.3, -0.25) is 4.68 Å². The van der Waals surface area contributed by atoms with Gasteiger partial charge in [-0.1, -0.05) is 45.0 Å². The van der Waals surface area contributed by atoms with E-state index >= 15 is 0 Å². The Morgan fingerprint density at radius 1 is 1.30 bits per heavy atom. The van der Waals surface area contributed by atoms with E-state index in [-0.39, 0.29) is 11.5 Å². The van der Waals surface area contributed by atoms with Crippen LogP contribution in [0.3, 0.4) is 0 Å². The third kappa shape index (κ3) is 2.81. The fourth-order valence-electron chi connectivity index (χ4n) is 2.53. The molecule has 1 aromatic carbocycles. The van der Waals surface area contributed by atoms with Gasteiger partial charge in [0.15, 0.2) is 0 Å². The van der Waals surface area contributed by atoms with E-state index in [4.69, 9.17) is 5.73 Å². The number of hydrogen-bond donors (Lipinski definition) is 1. The molecule has 2 N–H and O–H groups in total. The summed E-state index contributed by atoms with van der Waals surface area (Å²) >= 11 is 3.57. The molecule has 0 aliphatic carbocycles. The van der Waals surface area contributed by atoms with Crippen molar-refractivity contribution in [2.45, 2.75) is 45.7 Å². The molecule has 1 unspecified atom stereocenters. The highest BCUT2D eigenvalue weighted by Gasteiger charge is 2.24. The Labute approximate surface area is 129 Å². The van der Waals surface area contributed by atoms with Gasteiger partial charge in [0.2, 0.25) is 0 Å². The zero-order valence-electron chi connectivity index (χ0n) is 12.5. The highest BCUT2D eigenvalue weighted by atomic mass is 79.9. The van der Waals surface area contributed by atoms with E-state index < -0.39 is 0 Å². The number of benzene rings is 1. The van der Waals surface area contributed by atoms with E-state index in [2.05, 4.69) is 66.9 Å². The van der Waals surface area contributed by atoms with Gasteiger partial charge < -0.3 is 5.73 Å². The van der Waals surface area contributed by atoms with Crippen LogP contribution in [0.2, 0.25) is 0 Å². The van der Waals surface area contributed by atoms with Crippen molar-refractivity contribution in [3.63, 3.8) is 0 Å². The summed E-state index contributed by atoms with van der Waals surface area (Å²) in [6, 6.07) is 8.22. The number of hydrogen-bond acceptors (Lipinski definition) is 2. The van der Waals surface area contributed by atoms with Crippen molar-refractivity contribution in [2.24, 2.45) is 5.73 Å². The normalized spacial score (nSPS) is 13.5. The zero-order chi connectivity index (χ0) is 14.9. The lowest BCUT2D eigenvalue weighted by Gasteiger charge is -2.26. The van der Waals surface area contributed by atoms with Gasteiger partial charge in [0, 0.05) is 6.54 Å². The Hall–Kier alpha value is -1.13. The van der Waals surface area contributed by atoms with E-state index in [0.717, 1.165) is 22.3 Å². The van der Waals surface area contributed by atoms with Crippen molar-refractivity contribution in [3.05, 3.63) is 51.8 Å². The average molecular weight is 336 g/mol. The lowest BCUT2D eigenvalue weighted by atomic mass is 9.81. The number of aromatic nitrogens is 2. The Kier molecular flexibility index (Phi) is 4.35. The third-order valence-corrected chi connectivity index (χ3v) is 4.14. The van der Waals surface area contributed by atoms with Gasteiger partial charge in [0.25, 0.3) is 0 Å². The topological polar surface area (TPSA) is 43.8 Å². The number of rotatable bonds is 3. The zero-order valence-corrected chi connectivity index (χ0v) is 14.1. The van der Waals surface area contributed by atoms with E-state index in [9.17, 15) is 0 Å². The van der Waals surface area contributed by atoms with Crippen LogP contribution in [0.4, 0.5) is 0 Å². The molecule has 0 amide bonds. The molecule has 20 heavy (non-hydrogen) atoms. The van der Waals surface area contributed by atoms with Gasteiger partial charge in [-0.05, 0) is 39.4 Å². The van der Waals surface area contributed by atoms with Crippen molar-refractivity contribution in [1.82, 2.24) is 9.78 Å². The van der Waals surface area contributed by atoms with Crippen LogP contribution < -0.4 is 5.73 Å². The minimum absolute atomic E-state index is 0.0672. The predicted octanol–water partition coefficient (Wildman–Crippen LogP) is 4.01. The fraction of sp³-hybridized carbons (Fsp3) is 0.438. The van der Waals surface area contributed by atoms with Crippen molar-refractivity contribution >= 4 is 15.9 Å². The average Bonchev–Trinajstić information content (AvgIpc) is 2.78. The smallest absolute Gasteiger partial charge is 0.0738 e. The van der Waals surface area contributed by atoms with Crippen LogP contribution in [0, 0.1) is 0 Å². The molecule has 0 aliphatic heterocycles. The van der Waals surface area contributed by atoms with Crippen molar-refractivity contribution < 1.29 is 0 Å². The van der Waals surface area contributed by atoms with Crippen LogP contribution in [0.25, 0.3) is 0 Å². The minimum atomic E-state index is -0.178. The van der Waals surface area contributed by atoms with E-state index in [1.54, 1.807) is 0 Å². The molecule has 0 saturated heterocycles. The maximum Gasteiger partial charge on any atom is 0.0738 e. The Balaban J connectivity index is 2.54. The first-order chi connectivity index (χ1) is 9.36. The van der Waals surface area contributed by atoms with Gasteiger partial charge in [-0.25, -0.2) is 0 Å². The molecule has 108 valence electrons. The number of aryl methyl sites for hydroxylation is 1. The molecule has 0 bridgehead atoms. The highest BCUT2D eigenvalue weighted by molar-refractivity contribution is 9.10. The van der Waals surface area contributed by atoms with Crippen molar-refractivity contribution in [3.8, 4) is 0 Å². The van der Waals surface area contributed by atoms with Crippen LogP contribution in [-0.4, -0.2) is 9.78 Å². The molecule has 2 rings (SSSR count). The molecule has 0 fully saturated rings. The minimum Gasteiger partial charge on any atom is -0.319 e. The highest BCUT2D eigenvalue weighted by Crippen LogP contribution is 2.33. The molecule has 1 aromatic heterocycles. The van der Waals surface area contributed by atoms with Crippen molar-refractivity contribution in [2.75, 3.05) is 0 Å². The summed E-state index contributed by atoms with van der Waals surface area (Å²) in [6.45, 7) is 9.53. The molecule has 0 radical (unpaired) electrons. The summed E-state index contributed by atoms with van der Waals surface area (Å²) in [7, 11) is 0. The lowest BCUT2D eigenvalue weighted by molar-refractivity contribution is 0.563. The Bertz CT molecular complexity index is 596. The molecule has 2 aromatic rings. The van der Waals surface area contributed by atoms with E-state index in [0.29, 0.717) is 0 Å².